The molecule has 24 heavy (non-hydrogen) atoms. The molecule has 1 amide bonds. The van der Waals surface area contributed by atoms with Crippen LogP contribution in [0.1, 0.15) is 13.3 Å². The van der Waals surface area contributed by atoms with E-state index in [1.54, 1.807) is 30.6 Å². The van der Waals surface area contributed by atoms with E-state index in [2.05, 4.69) is 15.3 Å². The maximum absolute atomic E-state index is 12.8. The largest absolute Gasteiger partial charge is 0.494 e. The number of benzene rings is 1. The van der Waals surface area contributed by atoms with Gasteiger partial charge in [0.15, 0.2) is 0 Å². The van der Waals surface area contributed by atoms with Crippen molar-refractivity contribution in [1.82, 2.24) is 14.9 Å². The van der Waals surface area contributed by atoms with E-state index in [0.29, 0.717) is 24.8 Å². The predicted octanol–water partition coefficient (Wildman–Crippen LogP) is 2.34. The highest BCUT2D eigenvalue weighted by atomic mass is 19.1. The van der Waals surface area contributed by atoms with Crippen molar-refractivity contribution in [3.05, 3.63) is 48.5 Å². The third kappa shape index (κ3) is 5.58. The molecule has 1 atom stereocenters. The van der Waals surface area contributed by atoms with Gasteiger partial charge in [0.1, 0.15) is 11.6 Å². The average Bonchev–Trinajstić information content (AvgIpc) is 2.60. The molecule has 1 heterocycles. The van der Waals surface area contributed by atoms with Crippen molar-refractivity contribution < 1.29 is 13.9 Å². The van der Waals surface area contributed by atoms with E-state index in [1.807, 2.05) is 18.9 Å². The lowest BCUT2D eigenvalue weighted by Crippen LogP contribution is -2.40. The van der Waals surface area contributed by atoms with Crippen LogP contribution in [0, 0.1) is 5.82 Å². The number of carbonyl (C=O) groups excluding carboxylic acids is 1. The molecular weight excluding hydrogens is 311 g/mol. The number of rotatable bonds is 8. The molecule has 128 valence electrons. The second-order valence-electron chi connectivity index (χ2n) is 5.37. The predicted molar refractivity (Wildman–Crippen MR) is 89.3 cm³/mol. The number of hydrogen-bond acceptors (Lipinski definition) is 5. The Morgan fingerprint density at radius 1 is 1.29 bits per heavy atom. The second-order valence-corrected chi connectivity index (χ2v) is 5.37. The maximum Gasteiger partial charge on any atom is 0.243 e. The summed E-state index contributed by atoms with van der Waals surface area (Å²) in [6, 6.07) is 7.27. The van der Waals surface area contributed by atoms with Gasteiger partial charge in [-0.3, -0.25) is 15.0 Å². The van der Waals surface area contributed by atoms with Gasteiger partial charge in [0.2, 0.25) is 11.9 Å². The molecule has 0 unspecified atom stereocenters. The second kappa shape index (κ2) is 8.93. The third-order valence-corrected chi connectivity index (χ3v) is 3.58. The molecule has 6 nitrogen and oxygen atoms in total. The van der Waals surface area contributed by atoms with Gasteiger partial charge in [-0.15, -0.1) is 0 Å². The van der Waals surface area contributed by atoms with E-state index < -0.39 is 0 Å². The van der Waals surface area contributed by atoms with Gasteiger partial charge in [0.25, 0.3) is 0 Å². The molecule has 0 saturated heterocycles. The topological polar surface area (TPSA) is 67.4 Å². The number of nitrogens with zero attached hydrogens (tertiary/aromatic N) is 3. The molecular formula is C17H21FN4O2. The average molecular weight is 332 g/mol. The summed E-state index contributed by atoms with van der Waals surface area (Å²) < 4.78 is 18.3. The fourth-order valence-electron chi connectivity index (χ4n) is 2.01. The van der Waals surface area contributed by atoms with Crippen LogP contribution >= 0.6 is 0 Å². The van der Waals surface area contributed by atoms with Crippen molar-refractivity contribution >= 4 is 11.9 Å². The van der Waals surface area contributed by atoms with Gasteiger partial charge in [-0.2, -0.15) is 0 Å². The molecule has 1 aromatic heterocycles. The Labute approximate surface area is 140 Å². The lowest BCUT2D eigenvalue weighted by Gasteiger charge is -2.23. The van der Waals surface area contributed by atoms with Crippen molar-refractivity contribution in [2.24, 2.45) is 0 Å². The Kier molecular flexibility index (Phi) is 6.62. The zero-order chi connectivity index (χ0) is 17.4. The molecule has 0 radical (unpaired) electrons. The van der Waals surface area contributed by atoms with Crippen molar-refractivity contribution in [2.45, 2.75) is 19.4 Å². The van der Waals surface area contributed by atoms with Gasteiger partial charge in [-0.05, 0) is 50.7 Å². The van der Waals surface area contributed by atoms with Crippen LogP contribution in [0.4, 0.5) is 10.3 Å². The zero-order valence-electron chi connectivity index (χ0n) is 13.8. The highest BCUT2D eigenvalue weighted by Crippen LogP contribution is 2.11. The fraction of sp³-hybridized carbons (Fsp3) is 0.353. The van der Waals surface area contributed by atoms with Gasteiger partial charge in [-0.25, -0.2) is 14.4 Å². The maximum atomic E-state index is 12.8. The van der Waals surface area contributed by atoms with E-state index in [0.717, 1.165) is 6.42 Å². The summed E-state index contributed by atoms with van der Waals surface area (Å²) in [5.74, 6) is 0.473. The first-order valence-electron chi connectivity index (χ1n) is 7.73. The Morgan fingerprint density at radius 2 is 1.96 bits per heavy atom. The van der Waals surface area contributed by atoms with Crippen LogP contribution in [0.2, 0.25) is 0 Å². The summed E-state index contributed by atoms with van der Waals surface area (Å²) in [5.41, 5.74) is 0. The van der Waals surface area contributed by atoms with Crippen molar-refractivity contribution in [3.8, 4) is 5.75 Å². The van der Waals surface area contributed by atoms with Gasteiger partial charge in [0, 0.05) is 18.9 Å². The Morgan fingerprint density at radius 3 is 2.62 bits per heavy atom. The SMILES string of the molecule is C[C@@H](C(=O)Nc1ncccn1)N(C)CCCOc1ccc(F)cc1. The number of hydrogen-bond donors (Lipinski definition) is 1. The molecule has 0 spiro atoms. The molecule has 0 aliphatic rings. The highest BCUT2D eigenvalue weighted by Gasteiger charge is 2.18. The van der Waals surface area contributed by atoms with Crippen LogP contribution in [-0.2, 0) is 4.79 Å². The van der Waals surface area contributed by atoms with Gasteiger partial charge < -0.3 is 4.74 Å². The number of amides is 1. The number of likely N-dealkylation sites (N-methyl/N-ethyl adjacent to an activating group) is 1. The molecule has 0 saturated carbocycles. The Balaban J connectivity index is 1.70. The van der Waals surface area contributed by atoms with Gasteiger partial charge >= 0.3 is 0 Å². The minimum absolute atomic E-state index is 0.164. The van der Waals surface area contributed by atoms with Crippen molar-refractivity contribution in [3.63, 3.8) is 0 Å². The first-order valence-corrected chi connectivity index (χ1v) is 7.73. The third-order valence-electron chi connectivity index (χ3n) is 3.58. The zero-order valence-corrected chi connectivity index (χ0v) is 13.8. The van der Waals surface area contributed by atoms with E-state index in [4.69, 9.17) is 4.74 Å². The molecule has 1 N–H and O–H groups in total. The summed E-state index contributed by atoms with van der Waals surface area (Å²) >= 11 is 0. The lowest BCUT2D eigenvalue weighted by atomic mass is 10.2. The van der Waals surface area contributed by atoms with E-state index >= 15 is 0 Å². The van der Waals surface area contributed by atoms with Crippen LogP contribution in [0.25, 0.3) is 0 Å². The smallest absolute Gasteiger partial charge is 0.243 e. The fourth-order valence-corrected chi connectivity index (χ4v) is 2.01. The van der Waals surface area contributed by atoms with E-state index in [1.165, 1.54) is 12.1 Å². The molecule has 2 aromatic rings. The van der Waals surface area contributed by atoms with Crippen LogP contribution < -0.4 is 10.1 Å². The van der Waals surface area contributed by atoms with Crippen LogP contribution in [0.5, 0.6) is 5.75 Å². The molecule has 0 fully saturated rings. The summed E-state index contributed by atoms with van der Waals surface area (Å²) in [7, 11) is 1.87. The van der Waals surface area contributed by atoms with Gasteiger partial charge in [0.05, 0.1) is 12.6 Å². The Hall–Kier alpha value is -2.54. The lowest BCUT2D eigenvalue weighted by molar-refractivity contribution is -0.120. The van der Waals surface area contributed by atoms with E-state index in [-0.39, 0.29) is 17.8 Å². The van der Waals surface area contributed by atoms with Crippen LogP contribution in [-0.4, -0.2) is 47.0 Å². The number of carbonyl (C=O) groups is 1. The minimum Gasteiger partial charge on any atom is -0.494 e. The first-order chi connectivity index (χ1) is 11.6. The number of aromatic nitrogens is 2. The van der Waals surface area contributed by atoms with E-state index in [9.17, 15) is 9.18 Å². The summed E-state index contributed by atoms with van der Waals surface area (Å²) in [6.07, 6.45) is 3.89. The monoisotopic (exact) mass is 332 g/mol. The van der Waals surface area contributed by atoms with Crippen LogP contribution in [0.15, 0.2) is 42.7 Å². The summed E-state index contributed by atoms with van der Waals surface area (Å²) in [5, 5.41) is 2.67. The normalized spacial score (nSPS) is 12.0. The molecule has 0 bridgehead atoms. The standard InChI is InChI=1S/C17H21FN4O2/c1-13(16(23)21-17-19-9-3-10-20-17)22(2)11-4-12-24-15-7-5-14(18)6-8-15/h3,5-10,13H,4,11-12H2,1-2H3,(H,19,20,21,23)/t13-/m0/s1. The van der Waals surface area contributed by atoms with Crippen molar-refractivity contribution in [2.75, 3.05) is 25.5 Å². The molecule has 1 aromatic carbocycles. The number of ether oxygens (including phenoxy) is 1. The highest BCUT2D eigenvalue weighted by molar-refractivity contribution is 5.92. The quantitative estimate of drug-likeness (QED) is 0.752. The van der Waals surface area contributed by atoms with Crippen molar-refractivity contribution in [1.29, 1.82) is 0 Å². The molecule has 2 rings (SSSR count). The number of halogens is 1. The minimum atomic E-state index is -0.320. The summed E-state index contributed by atoms with van der Waals surface area (Å²) in [4.78, 5) is 22.0. The number of anilines is 1. The molecule has 0 aliphatic carbocycles. The van der Waals surface area contributed by atoms with Crippen LogP contribution in [0.3, 0.4) is 0 Å². The van der Waals surface area contributed by atoms with Gasteiger partial charge in [-0.1, -0.05) is 0 Å². The molecule has 0 aliphatic heterocycles. The first kappa shape index (κ1) is 17.8. The molecule has 7 heteroatoms. The summed E-state index contributed by atoms with van der Waals surface area (Å²) in [6.45, 7) is 3.00. The Bertz CT molecular complexity index is 637. The number of nitrogens with one attached hydrogen (secondary N) is 1.